The normalized spacial score (nSPS) is 13.9. The minimum atomic E-state index is -1.14. The lowest BCUT2D eigenvalue weighted by molar-refractivity contribution is -0.139. The van der Waals surface area contributed by atoms with Crippen molar-refractivity contribution >= 4 is 5.97 Å². The van der Waals surface area contributed by atoms with Crippen molar-refractivity contribution < 1.29 is 33.6 Å². The molecule has 178 valence electrons. The third kappa shape index (κ3) is 5.99. The van der Waals surface area contributed by atoms with Gasteiger partial charge in [-0.25, -0.2) is 14.4 Å². The first-order valence-corrected chi connectivity index (χ1v) is 10.9. The highest BCUT2D eigenvalue weighted by atomic mass is 19.1. The smallest absolute Gasteiger partial charge is 0.306 e. The predicted octanol–water partition coefficient (Wildman–Crippen LogP) is 4.17. The van der Waals surface area contributed by atoms with Gasteiger partial charge >= 0.3 is 5.97 Å². The van der Waals surface area contributed by atoms with E-state index in [0.29, 0.717) is 35.3 Å². The van der Waals surface area contributed by atoms with Gasteiger partial charge in [-0.15, -0.1) is 0 Å². The van der Waals surface area contributed by atoms with Crippen LogP contribution in [-0.4, -0.2) is 39.9 Å². The summed E-state index contributed by atoms with van der Waals surface area (Å²) in [5.74, 6) is 0.0405. The Morgan fingerprint density at radius 1 is 1.18 bits per heavy atom. The molecular formula is C25H25FN2O6. The van der Waals surface area contributed by atoms with Crippen molar-refractivity contribution in [3.8, 4) is 28.6 Å². The summed E-state index contributed by atoms with van der Waals surface area (Å²) >= 11 is 0. The highest BCUT2D eigenvalue weighted by Crippen LogP contribution is 2.34. The van der Waals surface area contributed by atoms with Gasteiger partial charge in [0.1, 0.15) is 35.3 Å². The maximum atomic E-state index is 14.6. The predicted molar refractivity (Wildman–Crippen MR) is 120 cm³/mol. The number of benzene rings is 2. The molecule has 2 N–H and O–H groups in total. The molecule has 0 radical (unpaired) electrons. The monoisotopic (exact) mass is 468 g/mol. The topological polar surface area (TPSA) is 111 Å². The van der Waals surface area contributed by atoms with E-state index >= 15 is 0 Å². The molecule has 0 saturated heterocycles. The van der Waals surface area contributed by atoms with Gasteiger partial charge in [-0.1, -0.05) is 12.1 Å². The standard InChI is InChI=1S/C25H25FN2O6/c1-32-18-7-8-21(26)20(10-18)24-25(34-13-15-5-6-15)28-17(12-27-24)14-33-19-4-2-3-16(9-19)22(29)11-23(30)31/h2-4,7-10,12,15,22,29H,5-6,11,13-14H2,1H3,(H,30,31)/t22-/m1/s1. The number of halogens is 1. The summed E-state index contributed by atoms with van der Waals surface area (Å²) < 4.78 is 31.5. The fourth-order valence-corrected chi connectivity index (χ4v) is 3.31. The minimum Gasteiger partial charge on any atom is -0.497 e. The summed E-state index contributed by atoms with van der Waals surface area (Å²) in [4.78, 5) is 19.8. The Bertz CT molecular complexity index is 1170. The number of ether oxygens (including phenoxy) is 3. The molecule has 34 heavy (non-hydrogen) atoms. The Morgan fingerprint density at radius 2 is 2.00 bits per heavy atom. The molecule has 8 nitrogen and oxygen atoms in total. The molecule has 9 heteroatoms. The number of hydrogen-bond donors (Lipinski definition) is 2. The molecule has 1 atom stereocenters. The zero-order valence-corrected chi connectivity index (χ0v) is 18.6. The first-order chi connectivity index (χ1) is 16.4. The molecule has 1 aliphatic carbocycles. The molecule has 3 aromatic rings. The van der Waals surface area contributed by atoms with E-state index < -0.39 is 24.3 Å². The average molecular weight is 468 g/mol. The third-order valence-corrected chi connectivity index (χ3v) is 5.37. The zero-order valence-electron chi connectivity index (χ0n) is 18.6. The number of aliphatic hydroxyl groups excluding tert-OH is 1. The summed E-state index contributed by atoms with van der Waals surface area (Å²) in [6.07, 6.45) is 2.12. The van der Waals surface area contributed by atoms with Gasteiger partial charge < -0.3 is 24.4 Å². The Balaban J connectivity index is 1.54. The number of hydrogen-bond acceptors (Lipinski definition) is 7. The van der Waals surface area contributed by atoms with Crippen LogP contribution in [0.15, 0.2) is 48.7 Å². The van der Waals surface area contributed by atoms with Gasteiger partial charge in [0.2, 0.25) is 5.88 Å². The summed E-state index contributed by atoms with van der Waals surface area (Å²) in [5.41, 5.74) is 1.41. The van der Waals surface area contributed by atoms with Crippen LogP contribution in [0.5, 0.6) is 17.4 Å². The van der Waals surface area contributed by atoms with Crippen LogP contribution in [-0.2, 0) is 11.4 Å². The van der Waals surface area contributed by atoms with Crippen LogP contribution in [0.3, 0.4) is 0 Å². The second kappa shape index (κ2) is 10.5. The van der Waals surface area contributed by atoms with Crippen molar-refractivity contribution in [2.24, 2.45) is 5.92 Å². The van der Waals surface area contributed by atoms with Crippen molar-refractivity contribution in [3.05, 3.63) is 65.7 Å². The van der Waals surface area contributed by atoms with Crippen LogP contribution in [0.2, 0.25) is 0 Å². The maximum Gasteiger partial charge on any atom is 0.306 e. The van der Waals surface area contributed by atoms with Crippen molar-refractivity contribution in [2.75, 3.05) is 13.7 Å². The number of rotatable bonds is 11. The van der Waals surface area contributed by atoms with Crippen LogP contribution in [0.1, 0.15) is 36.6 Å². The first kappa shape index (κ1) is 23.4. The largest absolute Gasteiger partial charge is 0.497 e. The molecule has 1 saturated carbocycles. The van der Waals surface area contributed by atoms with Gasteiger partial charge in [-0.2, -0.15) is 0 Å². The molecule has 0 aliphatic heterocycles. The van der Waals surface area contributed by atoms with Crippen LogP contribution in [0.25, 0.3) is 11.3 Å². The molecule has 4 rings (SSSR count). The van der Waals surface area contributed by atoms with Crippen LogP contribution >= 0.6 is 0 Å². The Kier molecular flexibility index (Phi) is 7.22. The summed E-state index contributed by atoms with van der Waals surface area (Å²) in [7, 11) is 1.50. The van der Waals surface area contributed by atoms with Crippen molar-refractivity contribution in [1.29, 1.82) is 0 Å². The van der Waals surface area contributed by atoms with Gasteiger partial charge in [0.05, 0.1) is 32.4 Å². The first-order valence-electron chi connectivity index (χ1n) is 10.9. The SMILES string of the molecule is COc1ccc(F)c(-c2ncc(COc3cccc([C@H](O)CC(=O)O)c3)nc2OCC2CC2)c1. The molecule has 0 bridgehead atoms. The number of methoxy groups -OCH3 is 1. The molecular weight excluding hydrogens is 443 g/mol. The Labute approximate surface area is 196 Å². The van der Waals surface area contributed by atoms with E-state index in [-0.39, 0.29) is 23.7 Å². The van der Waals surface area contributed by atoms with Gasteiger partial charge in [-0.3, -0.25) is 4.79 Å². The van der Waals surface area contributed by atoms with Crippen molar-refractivity contribution in [1.82, 2.24) is 9.97 Å². The second-order valence-electron chi connectivity index (χ2n) is 8.09. The summed E-state index contributed by atoms with van der Waals surface area (Å²) in [5, 5.41) is 18.9. The molecule has 1 aliphatic rings. The highest BCUT2D eigenvalue weighted by Gasteiger charge is 2.24. The fourth-order valence-electron chi connectivity index (χ4n) is 3.31. The molecule has 2 aromatic carbocycles. The van der Waals surface area contributed by atoms with Gasteiger partial charge in [0.25, 0.3) is 0 Å². The number of carboxylic acid groups (broad SMARTS) is 1. The van der Waals surface area contributed by atoms with E-state index in [1.807, 2.05) is 0 Å². The lowest BCUT2D eigenvalue weighted by atomic mass is 10.1. The van der Waals surface area contributed by atoms with E-state index in [9.17, 15) is 14.3 Å². The maximum absolute atomic E-state index is 14.6. The molecule has 0 unspecified atom stereocenters. The third-order valence-electron chi connectivity index (χ3n) is 5.37. The number of aliphatic hydroxyl groups is 1. The van der Waals surface area contributed by atoms with Gasteiger partial charge in [0.15, 0.2) is 0 Å². The molecule has 0 amide bonds. The van der Waals surface area contributed by atoms with Crippen molar-refractivity contribution in [2.45, 2.75) is 32.0 Å². The Hall–Kier alpha value is -3.72. The Morgan fingerprint density at radius 3 is 2.74 bits per heavy atom. The van der Waals surface area contributed by atoms with Crippen LogP contribution < -0.4 is 14.2 Å². The van der Waals surface area contributed by atoms with E-state index in [1.165, 1.54) is 25.4 Å². The minimum absolute atomic E-state index is 0.0478. The van der Waals surface area contributed by atoms with Gasteiger partial charge in [0, 0.05) is 5.56 Å². The fraction of sp³-hybridized carbons (Fsp3) is 0.320. The van der Waals surface area contributed by atoms with E-state index in [4.69, 9.17) is 19.3 Å². The molecule has 1 heterocycles. The summed E-state index contributed by atoms with van der Waals surface area (Å²) in [6, 6.07) is 10.9. The number of carbonyl (C=O) groups is 1. The van der Waals surface area contributed by atoms with E-state index in [1.54, 1.807) is 30.3 Å². The number of nitrogens with zero attached hydrogens (tertiary/aromatic N) is 2. The lowest BCUT2D eigenvalue weighted by Crippen LogP contribution is -2.08. The molecule has 1 aromatic heterocycles. The average Bonchev–Trinajstić information content (AvgIpc) is 3.66. The summed E-state index contributed by atoms with van der Waals surface area (Å²) in [6.45, 7) is 0.521. The van der Waals surface area contributed by atoms with Gasteiger partial charge in [-0.05, 0) is 54.7 Å². The zero-order chi connectivity index (χ0) is 24.1. The molecule has 1 fully saturated rings. The lowest BCUT2D eigenvalue weighted by Gasteiger charge is -2.14. The van der Waals surface area contributed by atoms with E-state index in [0.717, 1.165) is 12.8 Å². The number of aromatic nitrogens is 2. The van der Waals surface area contributed by atoms with E-state index in [2.05, 4.69) is 9.97 Å². The number of aliphatic carboxylic acids is 1. The second-order valence-corrected chi connectivity index (χ2v) is 8.09. The molecule has 0 spiro atoms. The van der Waals surface area contributed by atoms with Crippen LogP contribution in [0.4, 0.5) is 4.39 Å². The van der Waals surface area contributed by atoms with Crippen molar-refractivity contribution in [3.63, 3.8) is 0 Å². The van der Waals surface area contributed by atoms with Crippen LogP contribution in [0, 0.1) is 11.7 Å². The highest BCUT2D eigenvalue weighted by molar-refractivity contribution is 5.68. The number of carboxylic acids is 1. The quantitative estimate of drug-likeness (QED) is 0.431.